The molecular weight excluding hydrogens is 533 g/mol. The van der Waals surface area contributed by atoms with Gasteiger partial charge in [-0.25, -0.2) is 9.78 Å². The van der Waals surface area contributed by atoms with Gasteiger partial charge in [0.05, 0.1) is 24.5 Å². The number of esters is 1. The third kappa shape index (κ3) is 5.07. The standard InChI is InChI=1S/C33H34N2O3SSi/c1-33(2,3)40(25-17-11-7-12-18-25,26-19-13-8-14-20-26)38-29-21-28-31(34-23-35(28)4)27(30(29)32(36)37-5)22-39-24-15-9-6-10-16-24/h6-21,23H,22H2,1-5H3. The molecule has 0 atom stereocenters. The predicted molar refractivity (Wildman–Crippen MR) is 166 cm³/mol. The molecule has 0 saturated heterocycles. The molecule has 40 heavy (non-hydrogen) atoms. The molecule has 1 aromatic heterocycles. The van der Waals surface area contributed by atoms with Crippen molar-refractivity contribution in [1.29, 1.82) is 0 Å². The lowest BCUT2D eigenvalue weighted by Gasteiger charge is -2.43. The molecule has 0 spiro atoms. The Bertz CT molecular complexity index is 1570. The van der Waals surface area contributed by atoms with Gasteiger partial charge in [0.2, 0.25) is 0 Å². The number of thioether (sulfide) groups is 1. The van der Waals surface area contributed by atoms with Crippen LogP contribution in [0.25, 0.3) is 11.0 Å². The Morgan fingerprint density at radius 1 is 0.900 bits per heavy atom. The van der Waals surface area contributed by atoms with Gasteiger partial charge in [-0.1, -0.05) is 99.6 Å². The molecule has 0 unspecified atom stereocenters. The summed E-state index contributed by atoms with van der Waals surface area (Å²) < 4.78 is 14.8. The van der Waals surface area contributed by atoms with Crippen LogP contribution in [0.15, 0.2) is 108 Å². The maximum absolute atomic E-state index is 13.6. The first-order valence-electron chi connectivity index (χ1n) is 13.3. The number of nitrogens with zero attached hydrogens (tertiary/aromatic N) is 2. The van der Waals surface area contributed by atoms with E-state index in [1.54, 1.807) is 18.1 Å². The highest BCUT2D eigenvalue weighted by Crippen LogP contribution is 2.41. The predicted octanol–water partition coefficient (Wildman–Crippen LogP) is 6.59. The van der Waals surface area contributed by atoms with Crippen LogP contribution in [-0.4, -0.2) is 30.9 Å². The molecule has 7 heteroatoms. The maximum Gasteiger partial charge on any atom is 0.341 e. The number of carbonyl (C=O) groups excluding carboxylic acids is 1. The van der Waals surface area contributed by atoms with Crippen LogP contribution in [0.2, 0.25) is 5.04 Å². The summed E-state index contributed by atoms with van der Waals surface area (Å²) in [4.78, 5) is 19.4. The van der Waals surface area contributed by atoms with Crippen LogP contribution in [0.4, 0.5) is 0 Å². The molecule has 5 aromatic rings. The minimum Gasteiger partial charge on any atom is -0.533 e. The summed E-state index contributed by atoms with van der Waals surface area (Å²) in [5.74, 6) is 0.643. The molecule has 4 aromatic carbocycles. The van der Waals surface area contributed by atoms with Crippen molar-refractivity contribution in [2.24, 2.45) is 7.05 Å². The van der Waals surface area contributed by atoms with Crippen LogP contribution in [0.1, 0.15) is 36.7 Å². The first kappa shape index (κ1) is 27.7. The first-order valence-corrected chi connectivity index (χ1v) is 16.2. The largest absolute Gasteiger partial charge is 0.533 e. The summed E-state index contributed by atoms with van der Waals surface area (Å²) in [5, 5.41) is 1.99. The van der Waals surface area contributed by atoms with E-state index in [1.165, 1.54) is 7.11 Å². The zero-order chi connectivity index (χ0) is 28.3. The van der Waals surface area contributed by atoms with Gasteiger partial charge in [0, 0.05) is 29.3 Å². The third-order valence-corrected chi connectivity index (χ3v) is 13.3. The summed E-state index contributed by atoms with van der Waals surface area (Å²) in [6, 6.07) is 33.0. The number of methoxy groups -OCH3 is 1. The molecular formula is C33H34N2O3SSi. The fourth-order valence-corrected chi connectivity index (χ4v) is 10.7. The van der Waals surface area contributed by atoms with E-state index in [4.69, 9.17) is 14.1 Å². The number of benzene rings is 4. The molecule has 5 rings (SSSR count). The Morgan fingerprint density at radius 2 is 1.45 bits per heavy atom. The van der Waals surface area contributed by atoms with Gasteiger partial charge < -0.3 is 13.7 Å². The lowest BCUT2D eigenvalue weighted by Crippen LogP contribution is -2.69. The second-order valence-corrected chi connectivity index (χ2v) is 16.1. The van der Waals surface area contributed by atoms with Crippen molar-refractivity contribution in [3.8, 4) is 5.75 Å². The minimum absolute atomic E-state index is 0.274. The summed E-state index contributed by atoms with van der Waals surface area (Å²) in [5.41, 5.74) is 2.93. The highest BCUT2D eigenvalue weighted by Gasteiger charge is 2.52. The topological polar surface area (TPSA) is 53.4 Å². The van der Waals surface area contributed by atoms with Gasteiger partial charge in [-0.05, 0) is 27.5 Å². The number of carbonyl (C=O) groups is 1. The summed E-state index contributed by atoms with van der Waals surface area (Å²) in [6.45, 7) is 6.68. The monoisotopic (exact) mass is 566 g/mol. The number of hydrogen-bond acceptors (Lipinski definition) is 5. The van der Waals surface area contributed by atoms with E-state index in [0.29, 0.717) is 17.1 Å². The summed E-state index contributed by atoms with van der Waals surface area (Å²) in [6.07, 6.45) is 1.79. The van der Waals surface area contributed by atoms with Crippen LogP contribution < -0.4 is 14.8 Å². The van der Waals surface area contributed by atoms with Gasteiger partial charge in [-0.3, -0.25) is 0 Å². The zero-order valence-corrected chi connectivity index (χ0v) is 25.4. The molecule has 0 N–H and O–H groups in total. The molecule has 5 nitrogen and oxygen atoms in total. The van der Waals surface area contributed by atoms with Crippen molar-refractivity contribution in [2.45, 2.75) is 36.5 Å². The van der Waals surface area contributed by atoms with E-state index in [-0.39, 0.29) is 5.04 Å². The summed E-state index contributed by atoms with van der Waals surface area (Å²) in [7, 11) is 0.370. The van der Waals surface area contributed by atoms with Crippen LogP contribution >= 0.6 is 11.8 Å². The molecule has 0 aliphatic carbocycles. The van der Waals surface area contributed by atoms with Crippen molar-refractivity contribution in [3.05, 3.63) is 115 Å². The van der Waals surface area contributed by atoms with Crippen molar-refractivity contribution in [2.75, 3.05) is 7.11 Å². The average Bonchev–Trinajstić information content (AvgIpc) is 3.34. The average molecular weight is 567 g/mol. The fourth-order valence-electron chi connectivity index (χ4n) is 5.34. The molecule has 1 heterocycles. The van der Waals surface area contributed by atoms with Crippen molar-refractivity contribution >= 4 is 47.5 Å². The number of aryl methyl sites for hydroxylation is 1. The highest BCUT2D eigenvalue weighted by molar-refractivity contribution is 7.98. The van der Waals surface area contributed by atoms with Crippen molar-refractivity contribution < 1.29 is 14.0 Å². The van der Waals surface area contributed by atoms with Gasteiger partial charge in [0.15, 0.2) is 0 Å². The molecule has 0 aliphatic rings. The van der Waals surface area contributed by atoms with Crippen molar-refractivity contribution in [3.63, 3.8) is 0 Å². The number of rotatable bonds is 8. The van der Waals surface area contributed by atoms with Crippen LogP contribution in [0.3, 0.4) is 0 Å². The second kappa shape index (κ2) is 11.4. The van der Waals surface area contributed by atoms with E-state index in [9.17, 15) is 4.79 Å². The van der Waals surface area contributed by atoms with Crippen molar-refractivity contribution in [1.82, 2.24) is 9.55 Å². The van der Waals surface area contributed by atoms with E-state index >= 15 is 0 Å². The Morgan fingerprint density at radius 3 is 1.98 bits per heavy atom. The molecule has 0 fully saturated rings. The molecule has 0 bridgehead atoms. The number of imidazole rings is 1. The summed E-state index contributed by atoms with van der Waals surface area (Å²) >= 11 is 1.66. The van der Waals surface area contributed by atoms with E-state index in [1.807, 2.05) is 48.0 Å². The minimum atomic E-state index is -3.02. The number of fused-ring (bicyclic) bond motifs is 1. The van der Waals surface area contributed by atoms with E-state index in [0.717, 1.165) is 31.9 Å². The smallest absolute Gasteiger partial charge is 0.341 e. The third-order valence-electron chi connectivity index (χ3n) is 7.28. The molecule has 0 radical (unpaired) electrons. The normalized spacial score (nSPS) is 11.9. The molecule has 0 aliphatic heterocycles. The Hall–Kier alpha value is -3.81. The van der Waals surface area contributed by atoms with E-state index < -0.39 is 14.3 Å². The van der Waals surface area contributed by atoms with Crippen LogP contribution in [0, 0.1) is 0 Å². The van der Waals surface area contributed by atoms with Gasteiger partial charge in [-0.15, -0.1) is 11.8 Å². The van der Waals surface area contributed by atoms with E-state index in [2.05, 4.69) is 81.4 Å². The van der Waals surface area contributed by atoms with Gasteiger partial charge in [0.1, 0.15) is 11.3 Å². The highest BCUT2D eigenvalue weighted by atomic mass is 32.2. The zero-order valence-electron chi connectivity index (χ0n) is 23.5. The van der Waals surface area contributed by atoms with Crippen LogP contribution in [0.5, 0.6) is 5.75 Å². The number of aromatic nitrogens is 2. The first-order chi connectivity index (χ1) is 19.3. The second-order valence-electron chi connectivity index (χ2n) is 10.8. The van der Waals surface area contributed by atoms with Gasteiger partial charge >= 0.3 is 14.3 Å². The lowest BCUT2D eigenvalue weighted by molar-refractivity contribution is 0.0597. The fraction of sp³-hybridized carbons (Fsp3) is 0.212. The Balaban J connectivity index is 1.78. The van der Waals surface area contributed by atoms with Gasteiger partial charge in [0.25, 0.3) is 0 Å². The molecule has 0 amide bonds. The molecule has 0 saturated carbocycles. The SMILES string of the molecule is COC(=O)c1c(O[Si](c2ccccc2)(c2ccccc2)C(C)(C)C)cc2c(ncn2C)c1CSc1ccccc1. The number of ether oxygens (including phenoxy) is 1. The Kier molecular flexibility index (Phi) is 7.87. The Labute approximate surface area is 241 Å². The lowest BCUT2D eigenvalue weighted by atomic mass is 10.1. The van der Waals surface area contributed by atoms with Crippen LogP contribution in [-0.2, 0) is 17.5 Å². The maximum atomic E-state index is 13.6. The van der Waals surface area contributed by atoms with Gasteiger partial charge in [-0.2, -0.15) is 0 Å². The molecule has 204 valence electrons. The number of hydrogen-bond donors (Lipinski definition) is 0. The quantitative estimate of drug-likeness (QED) is 0.120.